The van der Waals surface area contributed by atoms with Crippen molar-refractivity contribution in [3.8, 4) is 11.1 Å². The van der Waals surface area contributed by atoms with Gasteiger partial charge in [0.05, 0.1) is 11.5 Å². The molecule has 3 saturated heterocycles. The van der Waals surface area contributed by atoms with Gasteiger partial charge < -0.3 is 15.3 Å². The van der Waals surface area contributed by atoms with Crippen LogP contribution < -0.4 is 5.32 Å². The zero-order valence-electron chi connectivity index (χ0n) is 14.5. The van der Waals surface area contributed by atoms with Crippen molar-refractivity contribution in [1.82, 2.24) is 4.90 Å². The fourth-order valence-electron chi connectivity index (χ4n) is 4.05. The molecule has 0 aromatic heterocycles. The first-order valence-corrected chi connectivity index (χ1v) is 9.07. The summed E-state index contributed by atoms with van der Waals surface area (Å²) in [7, 11) is 0. The fourth-order valence-corrected chi connectivity index (χ4v) is 4.05. The molecule has 5 heteroatoms. The van der Waals surface area contributed by atoms with E-state index in [0.29, 0.717) is 5.92 Å². The maximum atomic E-state index is 12.6. The summed E-state index contributed by atoms with van der Waals surface area (Å²) in [5.74, 6) is -0.187. The molecule has 26 heavy (non-hydrogen) atoms. The second kappa shape index (κ2) is 6.92. The maximum absolute atomic E-state index is 12.6. The Kier molecular flexibility index (Phi) is 4.47. The van der Waals surface area contributed by atoms with E-state index in [1.54, 1.807) is 24.3 Å². The molecule has 2 bridgehead atoms. The normalized spacial score (nSPS) is 24.2. The second-order valence-electron chi connectivity index (χ2n) is 7.19. The van der Waals surface area contributed by atoms with Crippen LogP contribution in [0.5, 0.6) is 0 Å². The minimum Gasteiger partial charge on any atom is -0.478 e. The quantitative estimate of drug-likeness (QED) is 0.887. The van der Waals surface area contributed by atoms with Crippen molar-refractivity contribution >= 4 is 17.6 Å². The van der Waals surface area contributed by atoms with Gasteiger partial charge in [-0.15, -0.1) is 0 Å². The molecular formula is C21H22N2O3. The molecule has 1 amide bonds. The lowest BCUT2D eigenvalue weighted by molar-refractivity contribution is -0.125. The first-order valence-electron chi connectivity index (χ1n) is 9.07. The molecule has 0 unspecified atom stereocenters. The lowest BCUT2D eigenvalue weighted by Gasteiger charge is -2.43. The van der Waals surface area contributed by atoms with Gasteiger partial charge in [0.1, 0.15) is 0 Å². The summed E-state index contributed by atoms with van der Waals surface area (Å²) in [5.41, 5.74) is 3.01. The molecule has 3 heterocycles. The number of nitrogens with zero attached hydrogens (tertiary/aromatic N) is 1. The molecule has 3 fully saturated rings. The third kappa shape index (κ3) is 3.35. The van der Waals surface area contributed by atoms with Crippen LogP contribution in [0.4, 0.5) is 5.69 Å². The van der Waals surface area contributed by atoms with Gasteiger partial charge in [0.2, 0.25) is 5.91 Å². The Morgan fingerprint density at radius 3 is 2.00 bits per heavy atom. The van der Waals surface area contributed by atoms with Crippen molar-refractivity contribution < 1.29 is 14.7 Å². The Hall–Kier alpha value is -2.66. The standard InChI is InChI=1S/C21H22N2O3/c24-20(19-13-23-11-9-16(19)10-12-23)22-18-7-5-15(6-8-18)14-1-3-17(4-2-14)21(25)26/h1-8,16,19H,9-13H2,(H,22,24)(H,25,26)/t19-/m0/s1. The van der Waals surface area contributed by atoms with Gasteiger partial charge in [-0.05, 0) is 67.2 Å². The molecule has 2 aromatic rings. The van der Waals surface area contributed by atoms with E-state index < -0.39 is 5.97 Å². The first kappa shape index (κ1) is 16.8. The van der Waals surface area contributed by atoms with Crippen LogP contribution in [0.25, 0.3) is 11.1 Å². The van der Waals surface area contributed by atoms with Gasteiger partial charge in [-0.2, -0.15) is 0 Å². The van der Waals surface area contributed by atoms with Gasteiger partial charge in [0, 0.05) is 12.2 Å². The van der Waals surface area contributed by atoms with Gasteiger partial charge in [-0.3, -0.25) is 4.79 Å². The molecule has 2 N–H and O–H groups in total. The highest BCUT2D eigenvalue weighted by atomic mass is 16.4. The van der Waals surface area contributed by atoms with Crippen molar-refractivity contribution in [3.05, 3.63) is 54.1 Å². The molecule has 1 atom stereocenters. The van der Waals surface area contributed by atoms with Crippen molar-refractivity contribution in [2.24, 2.45) is 11.8 Å². The lowest BCUT2D eigenvalue weighted by Crippen LogP contribution is -2.51. The lowest BCUT2D eigenvalue weighted by atomic mass is 9.78. The number of carbonyl (C=O) groups excluding carboxylic acids is 1. The van der Waals surface area contributed by atoms with Gasteiger partial charge >= 0.3 is 5.97 Å². The predicted octanol–water partition coefficient (Wildman–Crippen LogP) is 3.33. The predicted molar refractivity (Wildman–Crippen MR) is 100 cm³/mol. The molecule has 5 rings (SSSR count). The van der Waals surface area contributed by atoms with E-state index in [9.17, 15) is 9.59 Å². The van der Waals surface area contributed by atoms with E-state index in [1.807, 2.05) is 24.3 Å². The maximum Gasteiger partial charge on any atom is 0.335 e. The van der Waals surface area contributed by atoms with E-state index in [-0.39, 0.29) is 17.4 Å². The van der Waals surface area contributed by atoms with Gasteiger partial charge in [-0.1, -0.05) is 24.3 Å². The van der Waals surface area contributed by atoms with Crippen LogP contribution in [-0.2, 0) is 4.79 Å². The van der Waals surface area contributed by atoms with Crippen LogP contribution in [-0.4, -0.2) is 41.5 Å². The molecule has 0 spiro atoms. The number of hydrogen-bond donors (Lipinski definition) is 2. The number of hydrogen-bond acceptors (Lipinski definition) is 3. The summed E-state index contributed by atoms with van der Waals surface area (Å²) in [4.78, 5) is 25.9. The van der Waals surface area contributed by atoms with Crippen LogP contribution in [0.15, 0.2) is 48.5 Å². The molecular weight excluding hydrogens is 328 g/mol. The third-order valence-electron chi connectivity index (χ3n) is 5.61. The minimum absolute atomic E-state index is 0.0979. The van der Waals surface area contributed by atoms with Crippen LogP contribution in [0.1, 0.15) is 23.2 Å². The zero-order chi connectivity index (χ0) is 18.1. The zero-order valence-corrected chi connectivity index (χ0v) is 14.5. The molecule has 2 aromatic carbocycles. The monoisotopic (exact) mass is 350 g/mol. The van der Waals surface area contributed by atoms with Crippen LogP contribution in [0, 0.1) is 11.8 Å². The Morgan fingerprint density at radius 2 is 1.50 bits per heavy atom. The summed E-state index contributed by atoms with van der Waals surface area (Å²) in [6, 6.07) is 14.5. The highest BCUT2D eigenvalue weighted by molar-refractivity contribution is 5.93. The summed E-state index contributed by atoms with van der Waals surface area (Å²) in [6.45, 7) is 3.14. The number of nitrogens with one attached hydrogen (secondary N) is 1. The SMILES string of the molecule is O=C(O)c1ccc(-c2ccc(NC(=O)[C@H]3CN4CCC3CC4)cc2)cc1. The summed E-state index contributed by atoms with van der Waals surface area (Å²) in [6.07, 6.45) is 2.26. The van der Waals surface area contributed by atoms with Crippen LogP contribution >= 0.6 is 0 Å². The Labute approximate surface area is 152 Å². The highest BCUT2D eigenvalue weighted by Gasteiger charge is 2.38. The fraction of sp³-hybridized carbons (Fsp3) is 0.333. The Morgan fingerprint density at radius 1 is 0.923 bits per heavy atom. The Bertz CT molecular complexity index is 806. The van der Waals surface area contributed by atoms with E-state index in [2.05, 4.69) is 10.2 Å². The summed E-state index contributed by atoms with van der Waals surface area (Å²) in [5, 5.41) is 12.0. The number of aromatic carboxylic acids is 1. The van der Waals surface area contributed by atoms with Crippen LogP contribution in [0.2, 0.25) is 0 Å². The number of carboxylic acid groups (broad SMARTS) is 1. The topological polar surface area (TPSA) is 69.6 Å². The van der Waals surface area contributed by atoms with Crippen molar-refractivity contribution in [3.63, 3.8) is 0 Å². The summed E-state index contributed by atoms with van der Waals surface area (Å²) < 4.78 is 0. The molecule has 134 valence electrons. The molecule has 0 aliphatic carbocycles. The smallest absolute Gasteiger partial charge is 0.335 e. The van der Waals surface area contributed by atoms with E-state index >= 15 is 0 Å². The highest BCUT2D eigenvalue weighted by Crippen LogP contribution is 2.33. The third-order valence-corrected chi connectivity index (χ3v) is 5.61. The first-order chi connectivity index (χ1) is 12.6. The number of anilines is 1. The van der Waals surface area contributed by atoms with Crippen molar-refractivity contribution in [1.29, 1.82) is 0 Å². The number of carboxylic acids is 1. The molecule has 0 saturated carbocycles. The molecule has 5 nitrogen and oxygen atoms in total. The van der Waals surface area contributed by atoms with Gasteiger partial charge in [0.15, 0.2) is 0 Å². The van der Waals surface area contributed by atoms with Gasteiger partial charge in [0.25, 0.3) is 0 Å². The van der Waals surface area contributed by atoms with Gasteiger partial charge in [-0.25, -0.2) is 4.79 Å². The second-order valence-corrected chi connectivity index (χ2v) is 7.19. The number of amides is 1. The number of carbonyl (C=O) groups is 2. The van der Waals surface area contributed by atoms with Crippen molar-refractivity contribution in [2.45, 2.75) is 12.8 Å². The summed E-state index contributed by atoms with van der Waals surface area (Å²) >= 11 is 0. The number of rotatable bonds is 4. The van der Waals surface area contributed by atoms with E-state index in [4.69, 9.17) is 5.11 Å². The Balaban J connectivity index is 1.43. The molecule has 3 aliphatic heterocycles. The van der Waals surface area contributed by atoms with E-state index in [1.165, 1.54) is 0 Å². The number of fused-ring (bicyclic) bond motifs is 3. The molecule has 3 aliphatic rings. The average molecular weight is 350 g/mol. The number of piperidine rings is 3. The average Bonchev–Trinajstić information content (AvgIpc) is 2.69. The van der Waals surface area contributed by atoms with Crippen LogP contribution in [0.3, 0.4) is 0 Å². The van der Waals surface area contributed by atoms with E-state index in [0.717, 1.165) is 49.3 Å². The van der Waals surface area contributed by atoms with Crippen molar-refractivity contribution in [2.75, 3.05) is 25.0 Å². The molecule has 0 radical (unpaired) electrons. The minimum atomic E-state index is -0.928. The largest absolute Gasteiger partial charge is 0.478 e. The number of benzene rings is 2.